The number of nitrogens with zero attached hydrogens (tertiary/aromatic N) is 4. The van der Waals surface area contributed by atoms with Crippen molar-refractivity contribution in [1.29, 1.82) is 5.26 Å². The number of ether oxygens (including phenoxy) is 6. The van der Waals surface area contributed by atoms with Gasteiger partial charge in [-0.2, -0.15) is 0 Å². The Morgan fingerprint density at radius 1 is 0.532 bits per heavy atom. The Hall–Kier alpha value is -6.89. The molecule has 21 nitrogen and oxygen atoms in total. The van der Waals surface area contributed by atoms with E-state index in [1.807, 2.05) is 147 Å². The van der Waals surface area contributed by atoms with E-state index < -0.39 is 76.2 Å². The first kappa shape index (κ1) is 100. The number of aldehydes is 1. The van der Waals surface area contributed by atoms with Crippen molar-refractivity contribution in [2.24, 2.45) is 5.73 Å². The Balaban J connectivity index is 0.000000538. The molecule has 3 radical (unpaired) electrons. The van der Waals surface area contributed by atoms with E-state index in [2.05, 4.69) is 57.7 Å². The summed E-state index contributed by atoms with van der Waals surface area (Å²) in [5.74, 6) is -0.833. The third-order valence-electron chi connectivity index (χ3n) is 18.2. The van der Waals surface area contributed by atoms with Crippen molar-refractivity contribution in [2.75, 3.05) is 65.6 Å². The summed E-state index contributed by atoms with van der Waals surface area (Å²) in [5, 5.41) is 51.9. The maximum absolute atomic E-state index is 12.8. The summed E-state index contributed by atoms with van der Waals surface area (Å²) in [7, 11) is 0. The fraction of sp³-hybridized carbons (Fsp3) is 0.482. The molecule has 6 aromatic carbocycles. The van der Waals surface area contributed by atoms with Gasteiger partial charge < -0.3 is 92.1 Å². The number of halogens is 3. The number of morpholine rings is 3. The largest absolute Gasteiger partial charge is 1.00 e. The van der Waals surface area contributed by atoms with Gasteiger partial charge in [-0.3, -0.25) is 4.79 Å². The number of allylic oxidation sites excluding steroid dienone is 1. The molecule has 3 amide bonds. The molecule has 3 aliphatic rings. The van der Waals surface area contributed by atoms with E-state index in [-0.39, 0.29) is 83.2 Å². The summed E-state index contributed by atoms with van der Waals surface area (Å²) in [4.78, 5) is 63.4. The zero-order chi connectivity index (χ0) is 80.4. The number of rotatable bonds is 21. The monoisotopic (exact) mass is 1600 g/mol. The van der Waals surface area contributed by atoms with Gasteiger partial charge in [0.1, 0.15) is 58.2 Å². The van der Waals surface area contributed by atoms with Crippen LogP contribution in [0.4, 0.5) is 14.4 Å². The summed E-state index contributed by atoms with van der Waals surface area (Å²) >= 11 is 20.1. The van der Waals surface area contributed by atoms with Gasteiger partial charge in [-0.1, -0.05) is 171 Å². The maximum Gasteiger partial charge on any atom is 1.00 e. The number of carboxylic acid groups (broad SMARTS) is 1. The average Bonchev–Trinajstić information content (AvgIpc) is 0.770. The van der Waals surface area contributed by atoms with Gasteiger partial charge >= 0.3 is 47.8 Å². The van der Waals surface area contributed by atoms with Crippen molar-refractivity contribution < 1.29 is 102 Å². The molecule has 9 N–H and O–H groups in total. The molecule has 9 rings (SSSR count). The number of carboxylic acids is 1. The number of aliphatic carboxylic acids is 1. The molecule has 3 aliphatic heterocycles. The first-order valence-corrected chi connectivity index (χ1v) is 37.9. The zero-order valence-corrected chi connectivity index (χ0v) is 71.5. The molecule has 0 aliphatic carbocycles. The number of aliphatic hydroxyl groups is 3. The first-order valence-electron chi connectivity index (χ1n) is 36.8. The average molecular weight is 1600 g/mol. The number of benzene rings is 6. The van der Waals surface area contributed by atoms with Gasteiger partial charge in [-0.25, -0.2) is 14.4 Å². The Morgan fingerprint density at radius 3 is 1.05 bits per heavy atom. The van der Waals surface area contributed by atoms with Crippen LogP contribution in [0.2, 0.25) is 15.1 Å². The van der Waals surface area contributed by atoms with E-state index in [1.165, 1.54) is 11.1 Å². The molecule has 111 heavy (non-hydrogen) atoms. The minimum Gasteiger partial charge on any atom is -0.512 e. The van der Waals surface area contributed by atoms with E-state index in [0.29, 0.717) is 102 Å². The van der Waals surface area contributed by atoms with Crippen molar-refractivity contribution in [3.8, 4) is 33.4 Å². The molecule has 0 aromatic heterocycles. The molecule has 3 saturated heterocycles. The smallest absolute Gasteiger partial charge is 0.512 e. The Kier molecular flexibility index (Phi) is 41.9. The van der Waals surface area contributed by atoms with Gasteiger partial charge in [0.15, 0.2) is 0 Å². The summed E-state index contributed by atoms with van der Waals surface area (Å²) in [5.41, 5.74) is 10.1. The van der Waals surface area contributed by atoms with E-state index in [9.17, 15) is 34.5 Å². The molecular weight excluding hydrogens is 1490 g/mol. The Bertz CT molecular complexity index is 3820. The predicted molar refractivity (Wildman–Crippen MR) is 435 cm³/mol. The van der Waals surface area contributed by atoms with Gasteiger partial charge in [0, 0.05) is 73.2 Å². The summed E-state index contributed by atoms with van der Waals surface area (Å²) in [6.45, 7) is 35.4. The fourth-order valence-corrected chi connectivity index (χ4v) is 13.9. The normalized spacial score (nSPS) is 17.1. The number of carbonyl (C=O) groups is 5. The zero-order valence-electron chi connectivity index (χ0n) is 67.2. The minimum atomic E-state index is -1.55. The van der Waals surface area contributed by atoms with Crippen molar-refractivity contribution in [1.82, 2.24) is 20.9 Å². The molecule has 6 atom stereocenters. The SMILES string of the molecule is C=CCC[C@@](O)(c1cccc(Cl)c1-c1cccc(CC)c1)[C@H]1CN(C(=O)OC(C)(C)C)CCO1.CC(=O)O.CCc1cccc(-c2c(Cl)cccc2[C@](O)(CCC=O)[C@H]2CN(C(=O)OC(C)(C)C)CCO2)c1.CCc1cccc(-c2c(Cl)cccc2[C@](O)(CCCN)[C@H]2CN(C(=O)OC(C)(C)C)CCO2)c1.N.[B].[C-]#N.[Na+]. The summed E-state index contributed by atoms with van der Waals surface area (Å²) in [6.07, 6.45) is 4.02. The van der Waals surface area contributed by atoms with E-state index >= 15 is 0 Å². The third kappa shape index (κ3) is 28.9. The van der Waals surface area contributed by atoms with Gasteiger partial charge in [0.2, 0.25) is 0 Å². The van der Waals surface area contributed by atoms with Crippen molar-refractivity contribution in [2.45, 2.75) is 200 Å². The molecule has 6 aromatic rings. The van der Waals surface area contributed by atoms with Crippen LogP contribution in [0.15, 0.2) is 140 Å². The standard InChI is InChI=1S/C28H36ClNO4.C27H37ClN2O4.C27H34ClNO5.C2H4O2.CN.B.H3N.Na/c1-6-8-15-28(32,24-19-30(16-17-33-24)26(31)34-27(3,4)5)22-13-10-14-23(29)25(22)21-12-9-11-20(7-2)18-21;1-5-19-9-6-10-20(17-19)24-21(11-7-12-22(24)28)27(32,13-8-14-29)23-18-30(15-16-33-23)25(31)34-26(2,3)4;1-5-19-9-6-10-20(17-19)24-21(11-7-12-22(24)28)27(32,13-8-15-30)23-18-29(14-16-33-23)25(31)34-26(2,3)4;1-2(3)4;1-2;;;/h6,9-14,18,24,32H,1,7-8,15-17,19H2,2-5H3;6-7,9-12,17,23,32H,5,8,13-16,18,29H2,1-4H3;6-7,9-12,15,17,23,32H,5,8,13-14,16,18H2,1-4H3;1H3,(H,3,4);;;1H3;/q;;;;-1;;;+1/t24-,28-;2*23-,27-;;;;;/m111...../s1. The minimum absolute atomic E-state index is 0. The molecule has 0 spiro atoms. The van der Waals surface area contributed by atoms with Crippen LogP contribution < -0.4 is 41.4 Å². The van der Waals surface area contributed by atoms with Crippen LogP contribution in [0, 0.1) is 11.8 Å². The van der Waals surface area contributed by atoms with Gasteiger partial charge in [-0.15, -0.1) is 6.58 Å². The Morgan fingerprint density at radius 2 is 0.802 bits per heavy atom. The Labute approximate surface area is 696 Å². The van der Waals surface area contributed by atoms with Crippen molar-refractivity contribution in [3.63, 3.8) is 0 Å². The molecule has 26 heteroatoms. The van der Waals surface area contributed by atoms with Crippen LogP contribution in [0.3, 0.4) is 0 Å². The number of hydrogen-bond acceptors (Lipinski definition) is 17. The number of aryl methyl sites for hydroxylation is 3. The number of hydrogen-bond donors (Lipinski definition) is 6. The number of amides is 3. The predicted octanol–water partition coefficient (Wildman–Crippen LogP) is 13.8. The molecule has 3 heterocycles. The van der Waals surface area contributed by atoms with Crippen LogP contribution in [0.25, 0.3) is 33.4 Å². The second-order valence-corrected chi connectivity index (χ2v) is 30.9. The fourth-order valence-electron chi connectivity index (χ4n) is 13.0. The maximum atomic E-state index is 12.8. The van der Waals surface area contributed by atoms with Gasteiger partial charge in [0.25, 0.3) is 5.97 Å². The third-order valence-corrected chi connectivity index (χ3v) is 19.1. The van der Waals surface area contributed by atoms with Crippen LogP contribution in [-0.4, -0.2) is 175 Å². The molecule has 0 bridgehead atoms. The molecule has 0 saturated carbocycles. The second-order valence-electron chi connectivity index (χ2n) is 29.7. The van der Waals surface area contributed by atoms with Crippen LogP contribution in [-0.2, 0) is 74.1 Å². The molecular formula is C85H114BCl3N6NaO15. The molecule has 3 fully saturated rings. The van der Waals surface area contributed by atoms with E-state index in [4.69, 9.17) is 90.7 Å². The molecule has 599 valence electrons. The van der Waals surface area contributed by atoms with E-state index in [1.54, 1.807) is 32.9 Å². The van der Waals surface area contributed by atoms with Gasteiger partial charge in [-0.05, 0) is 188 Å². The first-order chi connectivity index (χ1) is 51.0. The van der Waals surface area contributed by atoms with Crippen LogP contribution in [0.5, 0.6) is 0 Å². The molecule has 0 unspecified atom stereocenters. The van der Waals surface area contributed by atoms with Crippen molar-refractivity contribution >= 4 is 73.8 Å². The van der Waals surface area contributed by atoms with Crippen molar-refractivity contribution in [3.05, 3.63) is 195 Å². The summed E-state index contributed by atoms with van der Waals surface area (Å²) < 4.78 is 34.9. The number of nitrogens with two attached hydrogens (primary N) is 1. The van der Waals surface area contributed by atoms with Gasteiger partial charge in [0.05, 0.1) is 39.5 Å². The number of carbonyl (C=O) groups excluding carboxylic acids is 4. The summed E-state index contributed by atoms with van der Waals surface area (Å²) in [6, 6.07) is 40.9. The second kappa shape index (κ2) is 46.5. The van der Waals surface area contributed by atoms with Crippen LogP contribution >= 0.6 is 34.8 Å². The van der Waals surface area contributed by atoms with E-state index in [0.717, 1.165) is 65.9 Å². The van der Waals surface area contributed by atoms with Crippen LogP contribution in [0.1, 0.15) is 162 Å². The quantitative estimate of drug-likeness (QED) is 0.0128. The topological polar surface area (TPSA) is 316 Å².